The van der Waals surface area contributed by atoms with Gasteiger partial charge < -0.3 is 15.4 Å². The largest absolute Gasteiger partial charge is 0.493 e. The number of hydrogen-bond donors (Lipinski definition) is 3. The van der Waals surface area contributed by atoms with Crippen molar-refractivity contribution in [2.24, 2.45) is 10.2 Å². The Morgan fingerprint density at radius 3 is 2.96 bits per heavy atom. The number of aromatic hydroxyl groups is 1. The van der Waals surface area contributed by atoms with Gasteiger partial charge in [0, 0.05) is 5.39 Å². The van der Waals surface area contributed by atoms with Gasteiger partial charge in [-0.3, -0.25) is 4.79 Å². The van der Waals surface area contributed by atoms with E-state index >= 15 is 0 Å². The maximum absolute atomic E-state index is 12.1. The number of nitrogens with zero attached hydrogens (tertiary/aromatic N) is 3. The Morgan fingerprint density at radius 2 is 2.15 bits per heavy atom. The molecule has 0 unspecified atom stereocenters. The van der Waals surface area contributed by atoms with E-state index in [2.05, 4.69) is 25.5 Å². The third kappa shape index (κ3) is 3.52. The zero-order valence-electron chi connectivity index (χ0n) is 14.6. The third-order valence-corrected chi connectivity index (χ3v) is 5.17. The highest BCUT2D eigenvalue weighted by molar-refractivity contribution is 7.22. The zero-order chi connectivity index (χ0) is 18.8. The van der Waals surface area contributed by atoms with Gasteiger partial charge in [-0.2, -0.15) is 0 Å². The summed E-state index contributed by atoms with van der Waals surface area (Å²) in [6.45, 7) is 2.03. The average Bonchev–Trinajstić information content (AvgIpc) is 3.23. The Morgan fingerprint density at radius 1 is 1.30 bits per heavy atom. The maximum atomic E-state index is 12.1. The first-order valence-corrected chi connectivity index (χ1v) is 9.33. The van der Waals surface area contributed by atoms with E-state index in [1.54, 1.807) is 0 Å². The number of carbonyl (C=O) groups excluding carboxylic acids is 1. The summed E-state index contributed by atoms with van der Waals surface area (Å²) in [4.78, 5) is 19.3. The van der Waals surface area contributed by atoms with E-state index in [-0.39, 0.29) is 18.1 Å². The van der Waals surface area contributed by atoms with Crippen molar-refractivity contribution in [3.63, 3.8) is 0 Å². The van der Waals surface area contributed by atoms with Crippen molar-refractivity contribution in [2.75, 3.05) is 11.9 Å². The molecule has 0 spiro atoms. The van der Waals surface area contributed by atoms with E-state index < -0.39 is 5.91 Å². The molecule has 0 aliphatic heterocycles. The van der Waals surface area contributed by atoms with Crippen LogP contribution in [0, 0.1) is 0 Å². The van der Waals surface area contributed by atoms with Crippen LogP contribution in [-0.2, 0) is 11.2 Å². The van der Waals surface area contributed by atoms with Gasteiger partial charge in [-0.25, -0.2) is 4.98 Å². The molecule has 0 radical (unpaired) electrons. The number of aromatic amines is 1. The molecule has 2 heterocycles. The number of nitrogens with one attached hydrogen (secondary N) is 2. The molecular formula is C19H17N5O2S. The van der Waals surface area contributed by atoms with Gasteiger partial charge in [0.25, 0.3) is 5.91 Å². The monoisotopic (exact) mass is 379 g/mol. The Hall–Kier alpha value is -3.26. The van der Waals surface area contributed by atoms with E-state index in [4.69, 9.17) is 0 Å². The Kier molecular flexibility index (Phi) is 4.55. The molecule has 4 rings (SSSR count). The fourth-order valence-electron chi connectivity index (χ4n) is 2.77. The van der Waals surface area contributed by atoms with E-state index in [1.165, 1.54) is 11.3 Å². The fraction of sp³-hybridized carbons (Fsp3) is 0.158. The highest BCUT2D eigenvalue weighted by Crippen LogP contribution is 2.36. The smallest absolute Gasteiger partial charge is 0.283 e. The number of anilines is 1. The number of benzene rings is 2. The van der Waals surface area contributed by atoms with E-state index in [0.717, 1.165) is 33.1 Å². The molecule has 8 heteroatoms. The highest BCUT2D eigenvalue weighted by atomic mass is 32.1. The predicted octanol–water partition coefficient (Wildman–Crippen LogP) is 4.77. The van der Waals surface area contributed by atoms with Crippen LogP contribution < -0.4 is 5.32 Å². The number of thiazole rings is 1. The van der Waals surface area contributed by atoms with E-state index in [9.17, 15) is 9.90 Å². The number of carbonyl (C=O) groups is 1. The number of H-pyrrole nitrogens is 1. The SMILES string of the molecule is CCc1ccc2[nH]c(O)c(N=NC(=O)CNc3nc4ccccc4s3)c2c1. The molecule has 0 saturated carbocycles. The van der Waals surface area contributed by atoms with E-state index in [0.29, 0.717) is 5.13 Å². The first-order valence-electron chi connectivity index (χ1n) is 8.51. The van der Waals surface area contributed by atoms with Gasteiger partial charge in [0.1, 0.15) is 6.54 Å². The minimum Gasteiger partial charge on any atom is -0.493 e. The number of para-hydroxylation sites is 1. The first-order chi connectivity index (χ1) is 13.1. The molecule has 0 fully saturated rings. The number of amides is 1. The average molecular weight is 379 g/mol. The summed E-state index contributed by atoms with van der Waals surface area (Å²) in [6.07, 6.45) is 0.865. The lowest BCUT2D eigenvalue weighted by atomic mass is 10.1. The highest BCUT2D eigenvalue weighted by Gasteiger charge is 2.12. The second-order valence-corrected chi connectivity index (χ2v) is 7.02. The van der Waals surface area contributed by atoms with Crippen LogP contribution in [0.15, 0.2) is 52.7 Å². The number of hydrogen-bond acceptors (Lipinski definition) is 6. The normalized spacial score (nSPS) is 11.6. The van der Waals surface area contributed by atoms with Crippen molar-refractivity contribution in [3.8, 4) is 5.88 Å². The molecule has 0 atom stereocenters. The Balaban J connectivity index is 1.48. The van der Waals surface area contributed by atoms with Crippen molar-refractivity contribution in [2.45, 2.75) is 13.3 Å². The molecule has 2 aromatic heterocycles. The van der Waals surface area contributed by atoms with Crippen molar-refractivity contribution >= 4 is 49.2 Å². The summed E-state index contributed by atoms with van der Waals surface area (Å²) < 4.78 is 1.05. The van der Waals surface area contributed by atoms with Crippen LogP contribution in [0.1, 0.15) is 12.5 Å². The quantitative estimate of drug-likeness (QED) is 0.435. The van der Waals surface area contributed by atoms with Crippen LogP contribution in [0.5, 0.6) is 5.88 Å². The maximum Gasteiger partial charge on any atom is 0.283 e. The number of rotatable bonds is 5. The molecule has 2 aromatic carbocycles. The van der Waals surface area contributed by atoms with Crippen molar-refractivity contribution < 1.29 is 9.90 Å². The summed E-state index contributed by atoms with van der Waals surface area (Å²) >= 11 is 1.47. The fourth-order valence-corrected chi connectivity index (χ4v) is 3.63. The van der Waals surface area contributed by atoms with Gasteiger partial charge in [-0.1, -0.05) is 36.5 Å². The molecule has 0 aliphatic carbocycles. The van der Waals surface area contributed by atoms with Crippen molar-refractivity contribution in [1.29, 1.82) is 0 Å². The molecule has 27 heavy (non-hydrogen) atoms. The second-order valence-electron chi connectivity index (χ2n) is 5.99. The molecule has 0 aliphatic rings. The topological polar surface area (TPSA) is 103 Å². The first kappa shape index (κ1) is 17.2. The lowest BCUT2D eigenvalue weighted by Gasteiger charge is -1.98. The Labute approximate surface area is 158 Å². The van der Waals surface area contributed by atoms with Crippen LogP contribution in [0.2, 0.25) is 0 Å². The molecule has 0 saturated heterocycles. The van der Waals surface area contributed by atoms with E-state index in [1.807, 2.05) is 49.4 Å². The molecule has 0 bridgehead atoms. The summed E-state index contributed by atoms with van der Waals surface area (Å²) in [5.74, 6) is -0.552. The molecule has 136 valence electrons. The molecule has 1 amide bonds. The van der Waals surface area contributed by atoms with Crippen LogP contribution in [0.4, 0.5) is 10.8 Å². The Bertz CT molecular complexity index is 1130. The predicted molar refractivity (Wildman–Crippen MR) is 107 cm³/mol. The number of azo groups is 1. The number of fused-ring (bicyclic) bond motifs is 2. The van der Waals surface area contributed by atoms with Gasteiger partial charge in [0.05, 0.1) is 15.7 Å². The third-order valence-electron chi connectivity index (χ3n) is 4.17. The second kappa shape index (κ2) is 7.16. The summed E-state index contributed by atoms with van der Waals surface area (Å²) in [7, 11) is 0. The standard InChI is InChI=1S/C19H17N5O2S/c1-2-11-7-8-13-12(9-11)17(18(26)21-13)24-23-16(25)10-20-19-22-14-5-3-4-6-15(14)27-19/h3-9,21,26H,2,10H2,1H3,(H,20,22). The summed E-state index contributed by atoms with van der Waals surface area (Å²) in [6, 6.07) is 13.6. The van der Waals surface area contributed by atoms with Crippen LogP contribution >= 0.6 is 11.3 Å². The van der Waals surface area contributed by atoms with Gasteiger partial charge in [-0.15, -0.1) is 10.2 Å². The van der Waals surface area contributed by atoms with Gasteiger partial charge >= 0.3 is 0 Å². The lowest BCUT2D eigenvalue weighted by molar-refractivity contribution is -0.116. The molecule has 3 N–H and O–H groups in total. The van der Waals surface area contributed by atoms with Crippen molar-refractivity contribution in [1.82, 2.24) is 9.97 Å². The zero-order valence-corrected chi connectivity index (χ0v) is 15.4. The van der Waals surface area contributed by atoms with Crippen LogP contribution in [0.3, 0.4) is 0 Å². The van der Waals surface area contributed by atoms with Gasteiger partial charge in [0.2, 0.25) is 5.88 Å². The van der Waals surface area contributed by atoms with Crippen LogP contribution in [0.25, 0.3) is 21.1 Å². The van der Waals surface area contributed by atoms with Gasteiger partial charge in [0.15, 0.2) is 10.8 Å². The molecular weight excluding hydrogens is 362 g/mol. The summed E-state index contributed by atoms with van der Waals surface area (Å²) in [5.41, 5.74) is 3.02. The number of aryl methyl sites for hydroxylation is 1. The van der Waals surface area contributed by atoms with Crippen molar-refractivity contribution in [3.05, 3.63) is 48.0 Å². The number of aromatic nitrogens is 2. The minimum atomic E-state index is -0.449. The summed E-state index contributed by atoms with van der Waals surface area (Å²) in [5, 5.41) is 22.1. The molecule has 7 nitrogen and oxygen atoms in total. The lowest BCUT2D eigenvalue weighted by Crippen LogP contribution is -2.10. The van der Waals surface area contributed by atoms with Gasteiger partial charge in [-0.05, 0) is 36.2 Å². The minimum absolute atomic E-state index is 0.0212. The van der Waals surface area contributed by atoms with Crippen LogP contribution in [-0.4, -0.2) is 27.5 Å². The molecule has 4 aromatic rings.